The van der Waals surface area contributed by atoms with Crippen molar-refractivity contribution in [1.29, 1.82) is 0 Å². The monoisotopic (exact) mass is 268 g/mol. The lowest BCUT2D eigenvalue weighted by molar-refractivity contribution is 0.471. The van der Waals surface area contributed by atoms with E-state index in [1.54, 1.807) is 6.07 Å². The van der Waals surface area contributed by atoms with Gasteiger partial charge in [0.1, 0.15) is 11.3 Å². The maximum Gasteiger partial charge on any atom is 0.158 e. The molecule has 102 valence electrons. The van der Waals surface area contributed by atoms with Gasteiger partial charge in [0.2, 0.25) is 0 Å². The molecule has 0 fully saturated rings. The topological polar surface area (TPSA) is 62.5 Å². The van der Waals surface area contributed by atoms with Crippen molar-refractivity contribution in [2.24, 2.45) is 0 Å². The summed E-state index contributed by atoms with van der Waals surface area (Å²) in [6.45, 7) is 3.89. The lowest BCUT2D eigenvalue weighted by atomic mass is 10.2. The average Bonchev–Trinajstić information content (AvgIpc) is 2.91. The van der Waals surface area contributed by atoms with Crippen LogP contribution in [0.15, 0.2) is 36.5 Å². The zero-order valence-corrected chi connectivity index (χ0v) is 11.5. The zero-order valence-electron chi connectivity index (χ0n) is 11.5. The Kier molecular flexibility index (Phi) is 3.02. The second-order valence-corrected chi connectivity index (χ2v) is 4.69. The smallest absolute Gasteiger partial charge is 0.158 e. The van der Waals surface area contributed by atoms with Gasteiger partial charge in [0.15, 0.2) is 11.6 Å². The Morgan fingerprint density at radius 1 is 1.30 bits per heavy atom. The predicted octanol–water partition coefficient (Wildman–Crippen LogP) is 3.05. The van der Waals surface area contributed by atoms with E-state index in [2.05, 4.69) is 15.4 Å². The third-order valence-corrected chi connectivity index (χ3v) is 3.22. The van der Waals surface area contributed by atoms with Gasteiger partial charge in [-0.15, -0.1) is 0 Å². The molecule has 5 nitrogen and oxygen atoms in total. The third kappa shape index (κ3) is 2.18. The SMILES string of the molecule is CCc1nc(Nc2ccc(C)c(O)c2)c2cccn2n1. The van der Waals surface area contributed by atoms with Crippen LogP contribution in [0.4, 0.5) is 11.5 Å². The van der Waals surface area contributed by atoms with E-state index in [4.69, 9.17) is 0 Å². The fourth-order valence-electron chi connectivity index (χ4n) is 2.05. The van der Waals surface area contributed by atoms with Crippen LogP contribution in [-0.4, -0.2) is 19.7 Å². The highest BCUT2D eigenvalue weighted by Crippen LogP contribution is 2.25. The van der Waals surface area contributed by atoms with Crippen LogP contribution in [0.3, 0.4) is 0 Å². The summed E-state index contributed by atoms with van der Waals surface area (Å²) in [5.41, 5.74) is 2.56. The minimum Gasteiger partial charge on any atom is -0.508 e. The first-order valence-corrected chi connectivity index (χ1v) is 6.58. The summed E-state index contributed by atoms with van der Waals surface area (Å²) in [7, 11) is 0. The van der Waals surface area contributed by atoms with Crippen molar-refractivity contribution in [3.8, 4) is 5.75 Å². The van der Waals surface area contributed by atoms with Gasteiger partial charge in [-0.25, -0.2) is 9.50 Å². The Morgan fingerprint density at radius 2 is 2.15 bits per heavy atom. The number of aromatic hydroxyl groups is 1. The largest absolute Gasteiger partial charge is 0.508 e. The number of rotatable bonds is 3. The van der Waals surface area contributed by atoms with Gasteiger partial charge in [-0.3, -0.25) is 0 Å². The molecule has 2 aromatic heterocycles. The average molecular weight is 268 g/mol. The number of fused-ring (bicyclic) bond motifs is 1. The molecule has 0 unspecified atom stereocenters. The molecule has 0 aliphatic rings. The van der Waals surface area contributed by atoms with E-state index in [1.807, 2.05) is 48.8 Å². The molecule has 5 heteroatoms. The Balaban J connectivity index is 2.04. The molecular weight excluding hydrogens is 252 g/mol. The van der Waals surface area contributed by atoms with E-state index in [-0.39, 0.29) is 5.75 Å². The van der Waals surface area contributed by atoms with Gasteiger partial charge in [0, 0.05) is 24.4 Å². The highest BCUT2D eigenvalue weighted by molar-refractivity contribution is 5.73. The Labute approximate surface area is 116 Å². The number of nitrogens with zero attached hydrogens (tertiary/aromatic N) is 3. The molecular formula is C15H16N4O. The molecule has 0 aliphatic carbocycles. The van der Waals surface area contributed by atoms with E-state index in [1.165, 1.54) is 0 Å². The van der Waals surface area contributed by atoms with E-state index < -0.39 is 0 Å². The number of hydrogen-bond donors (Lipinski definition) is 2. The Bertz CT molecular complexity index is 764. The van der Waals surface area contributed by atoms with Gasteiger partial charge in [0.05, 0.1) is 0 Å². The summed E-state index contributed by atoms with van der Waals surface area (Å²) in [5, 5.41) is 17.4. The lowest BCUT2D eigenvalue weighted by Gasteiger charge is -2.10. The number of hydrogen-bond acceptors (Lipinski definition) is 4. The van der Waals surface area contributed by atoms with Crippen LogP contribution >= 0.6 is 0 Å². The molecule has 0 bridgehead atoms. The summed E-state index contributed by atoms with van der Waals surface area (Å²) in [4.78, 5) is 4.51. The van der Waals surface area contributed by atoms with Crippen molar-refractivity contribution < 1.29 is 5.11 Å². The molecule has 0 saturated heterocycles. The maximum atomic E-state index is 9.77. The number of benzene rings is 1. The van der Waals surface area contributed by atoms with Crippen LogP contribution in [0.25, 0.3) is 5.52 Å². The van der Waals surface area contributed by atoms with Crippen LogP contribution in [0, 0.1) is 6.92 Å². The number of anilines is 2. The molecule has 0 aliphatic heterocycles. The number of aryl methyl sites for hydroxylation is 2. The summed E-state index contributed by atoms with van der Waals surface area (Å²) in [5.74, 6) is 1.78. The molecule has 2 N–H and O–H groups in total. The molecule has 1 aromatic carbocycles. The van der Waals surface area contributed by atoms with Gasteiger partial charge in [-0.2, -0.15) is 5.10 Å². The summed E-state index contributed by atoms with van der Waals surface area (Å²) < 4.78 is 1.81. The number of phenols is 1. The zero-order chi connectivity index (χ0) is 14.1. The molecule has 0 atom stereocenters. The number of aromatic nitrogens is 3. The second-order valence-electron chi connectivity index (χ2n) is 4.69. The van der Waals surface area contributed by atoms with Crippen LogP contribution < -0.4 is 5.32 Å². The van der Waals surface area contributed by atoms with Crippen molar-refractivity contribution in [3.63, 3.8) is 0 Å². The summed E-state index contributed by atoms with van der Waals surface area (Å²) in [6, 6.07) is 9.37. The standard InChI is InChI=1S/C15H16N4O/c1-3-14-17-15(12-5-4-8-19(12)18-14)16-11-7-6-10(2)13(20)9-11/h4-9,20H,3H2,1-2H3,(H,16,17,18). The Hall–Kier alpha value is -2.56. The van der Waals surface area contributed by atoms with Gasteiger partial charge in [-0.05, 0) is 30.7 Å². The van der Waals surface area contributed by atoms with Crippen LogP contribution in [-0.2, 0) is 6.42 Å². The van der Waals surface area contributed by atoms with Crippen molar-refractivity contribution in [2.45, 2.75) is 20.3 Å². The highest BCUT2D eigenvalue weighted by atomic mass is 16.3. The molecule has 0 saturated carbocycles. The van der Waals surface area contributed by atoms with Crippen molar-refractivity contribution in [2.75, 3.05) is 5.32 Å². The minimum absolute atomic E-state index is 0.270. The van der Waals surface area contributed by atoms with Gasteiger partial charge < -0.3 is 10.4 Å². The first-order chi connectivity index (χ1) is 9.67. The van der Waals surface area contributed by atoms with Crippen LogP contribution in [0.2, 0.25) is 0 Å². The quantitative estimate of drug-likeness (QED) is 0.766. The third-order valence-electron chi connectivity index (χ3n) is 3.22. The molecule has 2 heterocycles. The molecule has 0 amide bonds. The molecule has 3 aromatic rings. The van der Waals surface area contributed by atoms with Crippen molar-refractivity contribution in [1.82, 2.24) is 14.6 Å². The normalized spacial score (nSPS) is 10.9. The van der Waals surface area contributed by atoms with E-state index in [0.29, 0.717) is 0 Å². The van der Waals surface area contributed by atoms with Crippen LogP contribution in [0.1, 0.15) is 18.3 Å². The Morgan fingerprint density at radius 3 is 2.90 bits per heavy atom. The van der Waals surface area contributed by atoms with E-state index in [9.17, 15) is 5.11 Å². The van der Waals surface area contributed by atoms with Crippen molar-refractivity contribution in [3.05, 3.63) is 47.9 Å². The molecule has 0 radical (unpaired) electrons. The molecule has 3 rings (SSSR count). The lowest BCUT2D eigenvalue weighted by Crippen LogP contribution is -2.05. The van der Waals surface area contributed by atoms with E-state index in [0.717, 1.165) is 34.8 Å². The fraction of sp³-hybridized carbons (Fsp3) is 0.200. The predicted molar refractivity (Wildman–Crippen MR) is 78.5 cm³/mol. The minimum atomic E-state index is 0.270. The van der Waals surface area contributed by atoms with Gasteiger partial charge in [-0.1, -0.05) is 13.0 Å². The first-order valence-electron chi connectivity index (χ1n) is 6.58. The first kappa shape index (κ1) is 12.5. The summed E-state index contributed by atoms with van der Waals surface area (Å²) >= 11 is 0. The fourth-order valence-corrected chi connectivity index (χ4v) is 2.05. The number of phenolic OH excluding ortho intramolecular Hbond substituents is 1. The van der Waals surface area contributed by atoms with E-state index >= 15 is 0 Å². The highest BCUT2D eigenvalue weighted by Gasteiger charge is 2.07. The molecule has 20 heavy (non-hydrogen) atoms. The maximum absolute atomic E-state index is 9.77. The number of nitrogens with one attached hydrogen (secondary N) is 1. The summed E-state index contributed by atoms with van der Waals surface area (Å²) in [6.07, 6.45) is 2.66. The van der Waals surface area contributed by atoms with Gasteiger partial charge >= 0.3 is 0 Å². The molecule has 0 spiro atoms. The van der Waals surface area contributed by atoms with Crippen molar-refractivity contribution >= 4 is 17.0 Å². The van der Waals surface area contributed by atoms with Gasteiger partial charge in [0.25, 0.3) is 0 Å². The second kappa shape index (κ2) is 4.85. The van der Waals surface area contributed by atoms with Crippen LogP contribution in [0.5, 0.6) is 5.75 Å².